The molecule has 0 atom stereocenters. The summed E-state index contributed by atoms with van der Waals surface area (Å²) in [7, 11) is 0. The number of carbonyl (C=O) groups is 2. The van der Waals surface area contributed by atoms with Crippen LogP contribution in [0.1, 0.15) is 34.1 Å². The molecule has 1 aliphatic heterocycles. The molecule has 1 aliphatic rings. The molecule has 1 N–H and O–H groups in total. The number of carboxylic acid groups (broad SMARTS) is 1. The molecule has 1 heterocycles. The third-order valence-electron chi connectivity index (χ3n) is 2.27. The van der Waals surface area contributed by atoms with Crippen LogP contribution in [0.15, 0.2) is 10.2 Å². The minimum Gasteiger partial charge on any atom is -0.480 e. The quantitative estimate of drug-likeness (QED) is 0.813. The van der Waals surface area contributed by atoms with Crippen molar-refractivity contribution in [3.63, 3.8) is 0 Å². The van der Waals surface area contributed by atoms with Gasteiger partial charge in [0.2, 0.25) is 0 Å². The topological polar surface area (TPSA) is 91.6 Å². The minimum absolute atomic E-state index is 0.255. The monoisotopic (exact) mass is 257 g/mol. The van der Waals surface area contributed by atoms with E-state index in [2.05, 4.69) is 10.2 Å². The van der Waals surface area contributed by atoms with Crippen molar-refractivity contribution in [3.05, 3.63) is 0 Å². The van der Waals surface area contributed by atoms with Crippen LogP contribution >= 0.6 is 0 Å². The van der Waals surface area contributed by atoms with Crippen molar-refractivity contribution < 1.29 is 19.4 Å². The highest BCUT2D eigenvalue weighted by atomic mass is 16.6. The zero-order valence-corrected chi connectivity index (χ0v) is 11.1. The van der Waals surface area contributed by atoms with E-state index in [1.807, 2.05) is 6.92 Å². The standard InChI is InChI=1S/C11H19N3O4/c1-10(2,3)18-9(17)14(7-8(15)16)6-5-11(4)12-13-11/h5-7H2,1-4H3,(H,15,16). The normalized spacial score (nSPS) is 16.2. The molecule has 7 heteroatoms. The first-order valence-corrected chi connectivity index (χ1v) is 5.75. The van der Waals surface area contributed by atoms with Crippen molar-refractivity contribution in [3.8, 4) is 0 Å². The van der Waals surface area contributed by atoms with Gasteiger partial charge >= 0.3 is 12.1 Å². The van der Waals surface area contributed by atoms with Gasteiger partial charge in [0.25, 0.3) is 0 Å². The fraction of sp³-hybridized carbons (Fsp3) is 0.818. The summed E-state index contributed by atoms with van der Waals surface area (Å²) >= 11 is 0. The number of ether oxygens (including phenoxy) is 1. The molecule has 0 aromatic carbocycles. The lowest BCUT2D eigenvalue weighted by molar-refractivity contribution is -0.138. The van der Waals surface area contributed by atoms with E-state index in [0.29, 0.717) is 6.42 Å². The van der Waals surface area contributed by atoms with Gasteiger partial charge in [-0.15, -0.1) is 0 Å². The molecule has 102 valence electrons. The summed E-state index contributed by atoms with van der Waals surface area (Å²) < 4.78 is 5.15. The zero-order valence-electron chi connectivity index (χ0n) is 11.1. The maximum Gasteiger partial charge on any atom is 0.410 e. The van der Waals surface area contributed by atoms with Crippen molar-refractivity contribution in [2.24, 2.45) is 10.2 Å². The van der Waals surface area contributed by atoms with Crippen molar-refractivity contribution in [2.75, 3.05) is 13.1 Å². The Kier molecular flexibility index (Phi) is 3.93. The summed E-state index contributed by atoms with van der Waals surface area (Å²) in [6.45, 7) is 6.89. The molecule has 7 nitrogen and oxygen atoms in total. The van der Waals surface area contributed by atoms with Gasteiger partial charge in [0.15, 0.2) is 5.66 Å². The maximum atomic E-state index is 11.8. The number of amides is 1. The first kappa shape index (κ1) is 14.4. The SMILES string of the molecule is CC1(CCN(CC(=O)O)C(=O)OC(C)(C)C)N=N1. The van der Waals surface area contributed by atoms with Gasteiger partial charge in [-0.05, 0) is 27.7 Å². The summed E-state index contributed by atoms with van der Waals surface area (Å²) in [5.41, 5.74) is -1.11. The number of carboxylic acids is 1. The molecule has 0 aromatic rings. The molecule has 0 unspecified atom stereocenters. The van der Waals surface area contributed by atoms with Crippen LogP contribution in [0.25, 0.3) is 0 Å². The summed E-state index contributed by atoms with van der Waals surface area (Å²) in [4.78, 5) is 23.7. The maximum absolute atomic E-state index is 11.8. The molecule has 0 saturated heterocycles. The molecular weight excluding hydrogens is 238 g/mol. The van der Waals surface area contributed by atoms with Crippen LogP contribution in [0, 0.1) is 0 Å². The van der Waals surface area contributed by atoms with E-state index in [-0.39, 0.29) is 13.1 Å². The van der Waals surface area contributed by atoms with E-state index in [4.69, 9.17) is 9.84 Å². The summed E-state index contributed by atoms with van der Waals surface area (Å²) in [5.74, 6) is -1.07. The molecule has 0 fully saturated rings. The highest BCUT2D eigenvalue weighted by Crippen LogP contribution is 2.30. The van der Waals surface area contributed by atoms with Gasteiger partial charge in [0.1, 0.15) is 12.1 Å². The third kappa shape index (κ3) is 5.11. The van der Waals surface area contributed by atoms with Crippen molar-refractivity contribution in [1.82, 2.24) is 4.90 Å². The Morgan fingerprint density at radius 3 is 2.28 bits per heavy atom. The van der Waals surface area contributed by atoms with Gasteiger partial charge in [-0.25, -0.2) is 4.79 Å². The Morgan fingerprint density at radius 2 is 1.89 bits per heavy atom. The number of aliphatic carboxylic acids is 1. The Bertz CT molecular complexity index is 367. The van der Waals surface area contributed by atoms with E-state index in [0.717, 1.165) is 4.90 Å². The molecular formula is C11H19N3O4. The van der Waals surface area contributed by atoms with Crippen LogP contribution in [0.4, 0.5) is 4.79 Å². The Labute approximate surface area is 106 Å². The smallest absolute Gasteiger partial charge is 0.410 e. The fourth-order valence-electron chi connectivity index (χ4n) is 1.26. The lowest BCUT2D eigenvalue weighted by atomic mass is 10.2. The number of carbonyl (C=O) groups excluding carboxylic acids is 1. The molecule has 0 saturated carbocycles. The lowest BCUT2D eigenvalue weighted by Crippen LogP contribution is -2.41. The van der Waals surface area contributed by atoms with Crippen LogP contribution in [0.2, 0.25) is 0 Å². The highest BCUT2D eigenvalue weighted by Gasteiger charge is 2.35. The zero-order chi connectivity index (χ0) is 14.0. The van der Waals surface area contributed by atoms with E-state index in [9.17, 15) is 9.59 Å². The van der Waals surface area contributed by atoms with Crippen molar-refractivity contribution in [2.45, 2.75) is 45.4 Å². The second-order valence-electron chi connectivity index (χ2n) is 5.46. The van der Waals surface area contributed by atoms with Gasteiger partial charge in [0.05, 0.1) is 0 Å². The first-order chi connectivity index (χ1) is 8.11. The molecule has 1 amide bonds. The average Bonchev–Trinajstić information content (AvgIpc) is 2.88. The minimum atomic E-state index is -1.07. The van der Waals surface area contributed by atoms with Crippen LogP contribution in [-0.4, -0.2) is 46.4 Å². The first-order valence-electron chi connectivity index (χ1n) is 5.75. The number of hydrogen-bond donors (Lipinski definition) is 1. The molecule has 0 aromatic heterocycles. The molecule has 0 aliphatic carbocycles. The third-order valence-corrected chi connectivity index (χ3v) is 2.27. The lowest BCUT2D eigenvalue weighted by Gasteiger charge is -2.26. The van der Waals surface area contributed by atoms with Crippen LogP contribution in [0.5, 0.6) is 0 Å². The predicted octanol–water partition coefficient (Wildman–Crippen LogP) is 1.88. The molecule has 18 heavy (non-hydrogen) atoms. The van der Waals surface area contributed by atoms with Gasteiger partial charge in [-0.2, -0.15) is 10.2 Å². The molecule has 0 bridgehead atoms. The fourth-order valence-corrected chi connectivity index (χ4v) is 1.26. The van der Waals surface area contributed by atoms with E-state index in [1.54, 1.807) is 20.8 Å². The van der Waals surface area contributed by atoms with Crippen molar-refractivity contribution >= 4 is 12.1 Å². The second kappa shape index (κ2) is 4.91. The number of nitrogens with zero attached hydrogens (tertiary/aromatic N) is 3. The van der Waals surface area contributed by atoms with Crippen LogP contribution in [0.3, 0.4) is 0 Å². The second-order valence-corrected chi connectivity index (χ2v) is 5.46. The predicted molar refractivity (Wildman–Crippen MR) is 63.3 cm³/mol. The van der Waals surface area contributed by atoms with Gasteiger partial charge in [-0.3, -0.25) is 9.69 Å². The largest absolute Gasteiger partial charge is 0.480 e. The Hall–Kier alpha value is -1.66. The summed E-state index contributed by atoms with van der Waals surface area (Å²) in [5, 5.41) is 16.4. The Balaban J connectivity index is 2.53. The average molecular weight is 257 g/mol. The van der Waals surface area contributed by atoms with Gasteiger partial charge in [0, 0.05) is 13.0 Å². The summed E-state index contributed by atoms with van der Waals surface area (Å²) in [6.07, 6.45) is -0.131. The summed E-state index contributed by atoms with van der Waals surface area (Å²) in [6, 6.07) is 0. The van der Waals surface area contributed by atoms with Gasteiger partial charge in [-0.1, -0.05) is 0 Å². The van der Waals surface area contributed by atoms with E-state index < -0.39 is 23.3 Å². The molecule has 0 spiro atoms. The highest BCUT2D eigenvalue weighted by molar-refractivity contribution is 5.76. The van der Waals surface area contributed by atoms with E-state index >= 15 is 0 Å². The number of rotatable bonds is 5. The van der Waals surface area contributed by atoms with Crippen LogP contribution in [-0.2, 0) is 9.53 Å². The van der Waals surface area contributed by atoms with E-state index in [1.165, 1.54) is 0 Å². The van der Waals surface area contributed by atoms with Crippen molar-refractivity contribution in [1.29, 1.82) is 0 Å². The molecule has 0 radical (unpaired) electrons. The molecule has 1 rings (SSSR count). The van der Waals surface area contributed by atoms with Crippen LogP contribution < -0.4 is 0 Å². The Morgan fingerprint density at radius 1 is 1.33 bits per heavy atom. The van der Waals surface area contributed by atoms with Gasteiger partial charge < -0.3 is 9.84 Å². The number of hydrogen-bond acceptors (Lipinski definition) is 5.